The van der Waals surface area contributed by atoms with Gasteiger partial charge in [-0.05, 0) is 0 Å². The molecule has 6 nitrogen and oxygen atoms in total. The maximum atomic E-state index is 10.6. The van der Waals surface area contributed by atoms with E-state index in [4.69, 9.17) is 5.73 Å². The van der Waals surface area contributed by atoms with Crippen LogP contribution in [-0.4, -0.2) is 28.0 Å². The van der Waals surface area contributed by atoms with Gasteiger partial charge in [0, 0.05) is 0 Å². The first kappa shape index (κ1) is 6.53. The van der Waals surface area contributed by atoms with Crippen molar-refractivity contribution in [2.75, 3.05) is 12.8 Å². The fraction of sp³-hybridized carbons (Fsp3) is 0.250. The van der Waals surface area contributed by atoms with Crippen LogP contribution < -0.4 is 5.73 Å². The zero-order valence-electron chi connectivity index (χ0n) is 5.31. The molecule has 54 valence electrons. The molecule has 6 heteroatoms. The Labute approximate surface area is 56.6 Å². The Morgan fingerprint density at radius 1 is 1.90 bits per heavy atom. The number of methoxy groups -OCH3 is 1. The second-order valence-corrected chi connectivity index (χ2v) is 1.52. The molecule has 1 heterocycles. The smallest absolute Gasteiger partial charge is 0.435 e. The highest BCUT2D eigenvalue weighted by molar-refractivity contribution is 5.68. The summed E-state index contributed by atoms with van der Waals surface area (Å²) in [7, 11) is 1.25. The van der Waals surface area contributed by atoms with Crippen LogP contribution in [0.3, 0.4) is 0 Å². The molecular weight excluding hydrogens is 136 g/mol. The molecule has 0 saturated heterocycles. The van der Waals surface area contributed by atoms with Crippen LogP contribution in [0.4, 0.5) is 10.7 Å². The second kappa shape index (κ2) is 2.34. The predicted octanol–water partition coefficient (Wildman–Crippen LogP) is -0.525. The van der Waals surface area contributed by atoms with Crippen molar-refractivity contribution in [1.29, 1.82) is 0 Å². The highest BCUT2D eigenvalue weighted by Gasteiger charge is 2.04. The molecule has 1 rings (SSSR count). The Morgan fingerprint density at radius 3 is 3.00 bits per heavy atom. The van der Waals surface area contributed by atoms with Gasteiger partial charge in [-0.1, -0.05) is 0 Å². The van der Waals surface area contributed by atoms with Crippen molar-refractivity contribution in [2.45, 2.75) is 0 Å². The molecule has 0 aromatic carbocycles. The Hall–Kier alpha value is -1.59. The van der Waals surface area contributed by atoms with E-state index in [9.17, 15) is 4.79 Å². The molecule has 0 amide bonds. The first-order chi connectivity index (χ1) is 4.74. The number of carbonyl (C=O) groups excluding carboxylic acids is 1. The summed E-state index contributed by atoms with van der Waals surface area (Å²) in [5.41, 5.74) is 5.12. The Bertz CT molecular complexity index is 243. The highest BCUT2D eigenvalue weighted by Crippen LogP contribution is 1.89. The Kier molecular flexibility index (Phi) is 1.53. The van der Waals surface area contributed by atoms with E-state index in [1.54, 1.807) is 0 Å². The zero-order chi connectivity index (χ0) is 7.56. The summed E-state index contributed by atoms with van der Waals surface area (Å²) in [6.07, 6.45) is 0.574. The normalized spacial score (nSPS) is 9.30. The van der Waals surface area contributed by atoms with E-state index >= 15 is 0 Å². The minimum Gasteiger partial charge on any atom is -0.451 e. The van der Waals surface area contributed by atoms with Gasteiger partial charge in [0.25, 0.3) is 0 Å². The standard InChI is InChI=1S/C4H6N4O2/c1-10-4(9)8-2-6-3(5)7-8/h2H,1H3,(H2,5,7). The number of nitrogens with two attached hydrogens (primary N) is 1. The van der Waals surface area contributed by atoms with Crippen LogP contribution in [0.25, 0.3) is 0 Å². The van der Waals surface area contributed by atoms with Gasteiger partial charge in [-0.15, -0.1) is 5.10 Å². The lowest BCUT2D eigenvalue weighted by molar-refractivity contribution is 0.169. The van der Waals surface area contributed by atoms with E-state index < -0.39 is 6.09 Å². The second-order valence-electron chi connectivity index (χ2n) is 1.52. The topological polar surface area (TPSA) is 83.0 Å². The molecule has 1 aromatic rings. The van der Waals surface area contributed by atoms with Gasteiger partial charge in [0.05, 0.1) is 7.11 Å². The van der Waals surface area contributed by atoms with Gasteiger partial charge < -0.3 is 10.5 Å². The van der Waals surface area contributed by atoms with Gasteiger partial charge in [-0.25, -0.2) is 9.78 Å². The third-order valence-corrected chi connectivity index (χ3v) is 0.871. The predicted molar refractivity (Wildman–Crippen MR) is 32.2 cm³/mol. The number of nitrogens with zero attached hydrogens (tertiary/aromatic N) is 3. The lowest BCUT2D eigenvalue weighted by Gasteiger charge is -1.92. The first-order valence-electron chi connectivity index (χ1n) is 2.49. The number of rotatable bonds is 0. The number of anilines is 1. The monoisotopic (exact) mass is 142 g/mol. The number of nitrogen functional groups attached to an aromatic ring is 1. The van der Waals surface area contributed by atoms with Crippen molar-refractivity contribution in [3.05, 3.63) is 6.33 Å². The molecule has 0 spiro atoms. The van der Waals surface area contributed by atoms with Gasteiger partial charge in [-0.2, -0.15) is 4.68 Å². The third kappa shape index (κ3) is 1.04. The van der Waals surface area contributed by atoms with Crippen molar-refractivity contribution in [2.24, 2.45) is 0 Å². The summed E-state index contributed by atoms with van der Waals surface area (Å²) in [6.45, 7) is 0. The van der Waals surface area contributed by atoms with Crippen molar-refractivity contribution < 1.29 is 9.53 Å². The van der Waals surface area contributed by atoms with Gasteiger partial charge >= 0.3 is 6.09 Å². The molecule has 0 aliphatic heterocycles. The summed E-state index contributed by atoms with van der Waals surface area (Å²) >= 11 is 0. The number of aromatic nitrogens is 3. The molecule has 0 radical (unpaired) electrons. The maximum absolute atomic E-state index is 10.6. The molecular formula is C4H6N4O2. The van der Waals surface area contributed by atoms with Gasteiger partial charge in [0.15, 0.2) is 0 Å². The minimum absolute atomic E-state index is 0.0467. The van der Waals surface area contributed by atoms with E-state index in [0.717, 1.165) is 4.68 Å². The summed E-state index contributed by atoms with van der Waals surface area (Å²) < 4.78 is 5.23. The number of hydrogen-bond donors (Lipinski definition) is 1. The van der Waals surface area contributed by atoms with Crippen LogP contribution in [-0.2, 0) is 4.74 Å². The number of hydrogen-bond acceptors (Lipinski definition) is 5. The minimum atomic E-state index is -0.607. The SMILES string of the molecule is COC(=O)n1cnc(N)n1. The van der Waals surface area contributed by atoms with Crippen LogP contribution in [0.2, 0.25) is 0 Å². The fourth-order valence-electron chi connectivity index (χ4n) is 0.457. The number of carbonyl (C=O) groups is 1. The Morgan fingerprint density at radius 2 is 2.60 bits per heavy atom. The summed E-state index contributed by atoms with van der Waals surface area (Å²) in [4.78, 5) is 14.1. The van der Waals surface area contributed by atoms with Crippen LogP contribution in [0.1, 0.15) is 0 Å². The molecule has 0 saturated carbocycles. The molecule has 1 aromatic heterocycles. The van der Waals surface area contributed by atoms with E-state index in [2.05, 4.69) is 14.8 Å². The van der Waals surface area contributed by atoms with Gasteiger partial charge in [0.1, 0.15) is 6.33 Å². The molecule has 0 bridgehead atoms. The van der Waals surface area contributed by atoms with Crippen LogP contribution in [0.5, 0.6) is 0 Å². The largest absolute Gasteiger partial charge is 0.451 e. The van der Waals surface area contributed by atoms with Crippen molar-refractivity contribution in [3.63, 3.8) is 0 Å². The first-order valence-corrected chi connectivity index (χ1v) is 2.49. The quantitative estimate of drug-likeness (QED) is 0.526. The Balaban J connectivity index is 2.85. The van der Waals surface area contributed by atoms with Crippen LogP contribution in [0, 0.1) is 0 Å². The number of ether oxygens (including phenoxy) is 1. The van der Waals surface area contributed by atoms with Crippen molar-refractivity contribution in [1.82, 2.24) is 14.8 Å². The average Bonchev–Trinajstić information content (AvgIpc) is 2.34. The van der Waals surface area contributed by atoms with Crippen LogP contribution >= 0.6 is 0 Å². The molecule has 2 N–H and O–H groups in total. The highest BCUT2D eigenvalue weighted by atomic mass is 16.5. The molecule has 0 atom stereocenters. The van der Waals surface area contributed by atoms with Gasteiger partial charge in [-0.3, -0.25) is 0 Å². The van der Waals surface area contributed by atoms with E-state index in [-0.39, 0.29) is 5.95 Å². The lowest BCUT2D eigenvalue weighted by Crippen LogP contribution is -2.11. The lowest BCUT2D eigenvalue weighted by atomic mass is 11.1. The third-order valence-electron chi connectivity index (χ3n) is 0.871. The molecule has 10 heavy (non-hydrogen) atoms. The van der Waals surface area contributed by atoms with E-state index in [1.165, 1.54) is 13.4 Å². The molecule has 0 unspecified atom stereocenters. The van der Waals surface area contributed by atoms with E-state index in [0.29, 0.717) is 0 Å². The van der Waals surface area contributed by atoms with Crippen molar-refractivity contribution in [3.8, 4) is 0 Å². The summed E-state index contributed by atoms with van der Waals surface area (Å²) in [5, 5.41) is 3.49. The molecule has 0 aliphatic rings. The summed E-state index contributed by atoms with van der Waals surface area (Å²) in [6, 6.07) is 0. The molecule has 0 fully saturated rings. The van der Waals surface area contributed by atoms with E-state index in [1.807, 2.05) is 0 Å². The molecule has 0 aliphatic carbocycles. The zero-order valence-corrected chi connectivity index (χ0v) is 5.31. The van der Waals surface area contributed by atoms with Gasteiger partial charge in [0.2, 0.25) is 5.95 Å². The van der Waals surface area contributed by atoms with Crippen molar-refractivity contribution >= 4 is 12.0 Å². The average molecular weight is 142 g/mol. The summed E-state index contributed by atoms with van der Waals surface area (Å²) in [5.74, 6) is 0.0467. The maximum Gasteiger partial charge on any atom is 0.435 e. The fourth-order valence-corrected chi connectivity index (χ4v) is 0.457. The van der Waals surface area contributed by atoms with Crippen LogP contribution in [0.15, 0.2) is 6.33 Å².